The van der Waals surface area contributed by atoms with E-state index in [0.717, 1.165) is 33.8 Å². The van der Waals surface area contributed by atoms with Crippen LogP contribution in [0, 0.1) is 10.5 Å². The Labute approximate surface area is 165 Å². The van der Waals surface area contributed by atoms with E-state index in [4.69, 9.17) is 4.98 Å². The van der Waals surface area contributed by atoms with Gasteiger partial charge in [0, 0.05) is 38.5 Å². The first-order valence-corrected chi connectivity index (χ1v) is 9.38. The van der Waals surface area contributed by atoms with Gasteiger partial charge in [0.15, 0.2) is 0 Å². The summed E-state index contributed by atoms with van der Waals surface area (Å²) < 4.78 is 1.19. The number of aryl methyl sites for hydroxylation is 1. The molecule has 0 fully saturated rings. The van der Waals surface area contributed by atoms with Crippen LogP contribution in [0.3, 0.4) is 0 Å². The maximum absolute atomic E-state index is 4.74. The molecule has 0 atom stereocenters. The molecule has 2 aromatic heterocycles. The average Bonchev–Trinajstić information content (AvgIpc) is 3.06. The summed E-state index contributed by atoms with van der Waals surface area (Å²) in [4.78, 5) is 12.4. The molecule has 4 nitrogen and oxygen atoms in total. The van der Waals surface area contributed by atoms with Crippen LogP contribution >= 0.6 is 22.6 Å². The average molecular weight is 452 g/mol. The second kappa shape index (κ2) is 7.29. The molecule has 4 rings (SSSR count). The van der Waals surface area contributed by atoms with Gasteiger partial charge < -0.3 is 10.3 Å². The summed E-state index contributed by atoms with van der Waals surface area (Å²) in [6, 6.07) is 20.4. The van der Waals surface area contributed by atoms with Gasteiger partial charge in [0.1, 0.15) is 0 Å². The normalized spacial score (nSPS) is 10.7. The van der Waals surface area contributed by atoms with Crippen LogP contribution in [-0.4, -0.2) is 15.0 Å². The lowest BCUT2D eigenvalue weighted by molar-refractivity contribution is 1.16. The first-order valence-electron chi connectivity index (χ1n) is 8.30. The molecule has 0 unspecified atom stereocenters. The van der Waals surface area contributed by atoms with E-state index >= 15 is 0 Å². The van der Waals surface area contributed by atoms with Crippen LogP contribution in [0.25, 0.3) is 22.4 Å². The molecule has 0 radical (unpaired) electrons. The Morgan fingerprint density at radius 2 is 1.73 bits per heavy atom. The number of hydrogen-bond donors (Lipinski definition) is 2. The lowest BCUT2D eigenvalue weighted by atomic mass is 10.0. The smallest absolute Gasteiger partial charge is 0.227 e. The molecule has 2 N–H and O–H groups in total. The fourth-order valence-electron chi connectivity index (χ4n) is 2.92. The quantitative estimate of drug-likeness (QED) is 0.385. The minimum atomic E-state index is 0.586. The van der Waals surface area contributed by atoms with E-state index in [1.54, 1.807) is 6.20 Å². The molecule has 0 bridgehead atoms. The summed E-state index contributed by atoms with van der Waals surface area (Å²) in [6.07, 6.45) is 3.83. The molecule has 0 spiro atoms. The number of H-pyrrole nitrogens is 1. The van der Waals surface area contributed by atoms with E-state index in [1.165, 1.54) is 3.57 Å². The third-order valence-electron chi connectivity index (χ3n) is 4.17. The number of aromatic amines is 1. The zero-order chi connectivity index (χ0) is 17.9. The molecule has 2 aromatic carbocycles. The van der Waals surface area contributed by atoms with Crippen molar-refractivity contribution in [2.45, 2.75) is 6.92 Å². The number of nitrogens with zero attached hydrogens (tertiary/aromatic N) is 2. The monoisotopic (exact) mass is 452 g/mol. The molecule has 0 amide bonds. The van der Waals surface area contributed by atoms with E-state index in [9.17, 15) is 0 Å². The zero-order valence-corrected chi connectivity index (χ0v) is 16.4. The number of hydrogen-bond acceptors (Lipinski definition) is 3. The number of aromatic nitrogens is 3. The van der Waals surface area contributed by atoms with Crippen molar-refractivity contribution < 1.29 is 0 Å². The molecule has 5 heteroatoms. The van der Waals surface area contributed by atoms with Crippen molar-refractivity contribution in [1.29, 1.82) is 0 Å². The van der Waals surface area contributed by atoms with Crippen molar-refractivity contribution in [3.63, 3.8) is 0 Å². The predicted molar refractivity (Wildman–Crippen MR) is 114 cm³/mol. The SMILES string of the molecule is Cc1[nH]cc(-c2ccccc2)c1-c1ccnc(Nc2ccc(I)cc2)n1. The highest BCUT2D eigenvalue weighted by atomic mass is 127. The van der Waals surface area contributed by atoms with Crippen LogP contribution in [-0.2, 0) is 0 Å². The zero-order valence-electron chi connectivity index (χ0n) is 14.2. The molecular weight excluding hydrogens is 435 g/mol. The summed E-state index contributed by atoms with van der Waals surface area (Å²) >= 11 is 2.29. The largest absolute Gasteiger partial charge is 0.364 e. The van der Waals surface area contributed by atoms with Gasteiger partial charge in [-0.3, -0.25) is 0 Å². The maximum Gasteiger partial charge on any atom is 0.227 e. The molecule has 4 aromatic rings. The van der Waals surface area contributed by atoms with Crippen LogP contribution in [0.15, 0.2) is 73.1 Å². The van der Waals surface area contributed by atoms with Gasteiger partial charge in [-0.15, -0.1) is 0 Å². The summed E-state index contributed by atoms with van der Waals surface area (Å²) in [7, 11) is 0. The molecule has 0 saturated carbocycles. The number of benzene rings is 2. The standard InChI is InChI=1S/C21H17IN4/c1-14-20(18(13-24-14)15-5-3-2-4-6-15)19-11-12-23-21(26-19)25-17-9-7-16(22)8-10-17/h2-13,24H,1H3,(H,23,25,26). The van der Waals surface area contributed by atoms with Crippen LogP contribution in [0.1, 0.15) is 5.69 Å². The van der Waals surface area contributed by atoms with Crippen LogP contribution in [0.2, 0.25) is 0 Å². The highest BCUT2D eigenvalue weighted by molar-refractivity contribution is 14.1. The van der Waals surface area contributed by atoms with Crippen LogP contribution in [0.4, 0.5) is 11.6 Å². The Kier molecular flexibility index (Phi) is 4.71. The topological polar surface area (TPSA) is 53.6 Å². The van der Waals surface area contributed by atoms with E-state index < -0.39 is 0 Å². The highest BCUT2D eigenvalue weighted by Gasteiger charge is 2.14. The van der Waals surface area contributed by atoms with Gasteiger partial charge in [-0.25, -0.2) is 9.97 Å². The summed E-state index contributed by atoms with van der Waals surface area (Å²) in [5.41, 5.74) is 6.36. The fraction of sp³-hybridized carbons (Fsp3) is 0.0476. The Morgan fingerprint density at radius 1 is 0.962 bits per heavy atom. The van der Waals surface area contributed by atoms with Gasteiger partial charge in [0.05, 0.1) is 5.69 Å². The third-order valence-corrected chi connectivity index (χ3v) is 4.89. The fourth-order valence-corrected chi connectivity index (χ4v) is 3.28. The van der Waals surface area contributed by atoms with Gasteiger partial charge in [-0.2, -0.15) is 0 Å². The molecule has 0 aliphatic heterocycles. The van der Waals surface area contributed by atoms with Crippen molar-refractivity contribution in [3.8, 4) is 22.4 Å². The molecular formula is C21H17IN4. The second-order valence-corrected chi connectivity index (χ2v) is 7.21. The number of anilines is 2. The first-order chi connectivity index (χ1) is 12.7. The Hall–Kier alpha value is -2.67. The minimum Gasteiger partial charge on any atom is -0.364 e. The lowest BCUT2D eigenvalue weighted by Gasteiger charge is -2.09. The Bertz CT molecular complexity index is 1020. The number of halogens is 1. The summed E-state index contributed by atoms with van der Waals surface area (Å²) in [5.74, 6) is 0.586. The van der Waals surface area contributed by atoms with Crippen molar-refractivity contribution >= 4 is 34.2 Å². The van der Waals surface area contributed by atoms with Gasteiger partial charge in [-0.05, 0) is 65.4 Å². The van der Waals surface area contributed by atoms with Crippen molar-refractivity contribution in [1.82, 2.24) is 15.0 Å². The lowest BCUT2D eigenvalue weighted by Crippen LogP contribution is -1.98. The van der Waals surface area contributed by atoms with E-state index in [1.807, 2.05) is 42.6 Å². The van der Waals surface area contributed by atoms with Crippen LogP contribution < -0.4 is 5.32 Å². The second-order valence-electron chi connectivity index (χ2n) is 5.97. The molecule has 0 aliphatic carbocycles. The third kappa shape index (κ3) is 3.48. The molecule has 128 valence electrons. The van der Waals surface area contributed by atoms with Gasteiger partial charge in [0.25, 0.3) is 0 Å². The molecule has 2 heterocycles. The minimum absolute atomic E-state index is 0.586. The number of nitrogens with one attached hydrogen (secondary N) is 2. The molecule has 0 saturated heterocycles. The van der Waals surface area contributed by atoms with E-state index in [2.05, 4.69) is 69.1 Å². The predicted octanol–water partition coefficient (Wildman–Crippen LogP) is 5.80. The van der Waals surface area contributed by atoms with Crippen molar-refractivity contribution in [2.24, 2.45) is 0 Å². The van der Waals surface area contributed by atoms with E-state index in [0.29, 0.717) is 5.95 Å². The van der Waals surface area contributed by atoms with Crippen LogP contribution in [0.5, 0.6) is 0 Å². The highest BCUT2D eigenvalue weighted by Crippen LogP contribution is 2.34. The van der Waals surface area contributed by atoms with E-state index in [-0.39, 0.29) is 0 Å². The van der Waals surface area contributed by atoms with Crippen molar-refractivity contribution in [3.05, 3.63) is 82.3 Å². The molecule has 0 aliphatic rings. The first kappa shape index (κ1) is 16.8. The number of rotatable bonds is 4. The van der Waals surface area contributed by atoms with Crippen molar-refractivity contribution in [2.75, 3.05) is 5.32 Å². The Morgan fingerprint density at radius 3 is 2.50 bits per heavy atom. The van der Waals surface area contributed by atoms with Gasteiger partial charge in [-0.1, -0.05) is 30.3 Å². The summed E-state index contributed by atoms with van der Waals surface area (Å²) in [6.45, 7) is 2.07. The maximum atomic E-state index is 4.74. The molecule has 26 heavy (non-hydrogen) atoms. The Balaban J connectivity index is 1.71. The summed E-state index contributed by atoms with van der Waals surface area (Å²) in [5, 5.41) is 3.28. The van der Waals surface area contributed by atoms with Gasteiger partial charge in [0.2, 0.25) is 5.95 Å². The van der Waals surface area contributed by atoms with Gasteiger partial charge >= 0.3 is 0 Å².